The standard InChI is InChI=1S/C26H30NP/c1-25(2,3)28(26(4,5)6)24-18-12-11-17-23(24)27-21-15-9-7-13-19(21)20-14-8-10-16-22(20)27/h7-18H,1-6H3. The molecule has 1 heterocycles. The normalized spacial score (nSPS) is 13.0. The number of rotatable bonds is 2. The van der Waals surface area contributed by atoms with E-state index in [1.807, 2.05) is 0 Å². The molecule has 28 heavy (non-hydrogen) atoms. The van der Waals surface area contributed by atoms with Crippen molar-refractivity contribution in [2.24, 2.45) is 0 Å². The van der Waals surface area contributed by atoms with Gasteiger partial charge in [0.25, 0.3) is 0 Å². The zero-order valence-electron chi connectivity index (χ0n) is 17.8. The summed E-state index contributed by atoms with van der Waals surface area (Å²) in [5.74, 6) is 0. The largest absolute Gasteiger partial charge is 0.309 e. The number of nitrogens with zero attached hydrogens (tertiary/aromatic N) is 1. The highest BCUT2D eigenvalue weighted by molar-refractivity contribution is 7.68. The van der Waals surface area contributed by atoms with Crippen LogP contribution in [0.2, 0.25) is 0 Å². The summed E-state index contributed by atoms with van der Waals surface area (Å²) in [7, 11) is -0.395. The van der Waals surface area contributed by atoms with E-state index in [1.54, 1.807) is 0 Å². The summed E-state index contributed by atoms with van der Waals surface area (Å²) in [6.45, 7) is 14.4. The van der Waals surface area contributed by atoms with Crippen LogP contribution in [0.5, 0.6) is 0 Å². The molecule has 0 aliphatic heterocycles. The van der Waals surface area contributed by atoms with Gasteiger partial charge in [0.15, 0.2) is 0 Å². The van der Waals surface area contributed by atoms with Gasteiger partial charge in [0, 0.05) is 16.1 Å². The van der Waals surface area contributed by atoms with Crippen LogP contribution in [0, 0.1) is 0 Å². The molecule has 0 fully saturated rings. The predicted molar refractivity (Wildman–Crippen MR) is 127 cm³/mol. The molecular weight excluding hydrogens is 357 g/mol. The molecule has 4 aromatic rings. The average molecular weight is 388 g/mol. The molecule has 1 aromatic heterocycles. The monoisotopic (exact) mass is 387 g/mol. The Morgan fingerprint density at radius 1 is 0.571 bits per heavy atom. The van der Waals surface area contributed by atoms with Crippen molar-refractivity contribution >= 4 is 35.0 Å². The van der Waals surface area contributed by atoms with Crippen LogP contribution in [0.4, 0.5) is 0 Å². The van der Waals surface area contributed by atoms with Gasteiger partial charge < -0.3 is 4.57 Å². The van der Waals surface area contributed by atoms with Gasteiger partial charge in [0.05, 0.1) is 16.7 Å². The molecule has 0 N–H and O–H groups in total. The molecule has 0 radical (unpaired) electrons. The van der Waals surface area contributed by atoms with Gasteiger partial charge in [-0.3, -0.25) is 0 Å². The summed E-state index contributed by atoms with van der Waals surface area (Å²) in [6.07, 6.45) is 0. The molecule has 0 saturated carbocycles. The van der Waals surface area contributed by atoms with Crippen molar-refractivity contribution in [3.8, 4) is 5.69 Å². The second-order valence-electron chi connectivity index (χ2n) is 9.54. The SMILES string of the molecule is CC(C)(C)P(c1ccccc1-n1c2ccccc2c2ccccc21)C(C)(C)C. The van der Waals surface area contributed by atoms with E-state index in [-0.39, 0.29) is 10.3 Å². The summed E-state index contributed by atoms with van der Waals surface area (Å²) in [4.78, 5) is 0. The van der Waals surface area contributed by atoms with Crippen LogP contribution in [0.25, 0.3) is 27.5 Å². The number of para-hydroxylation sites is 3. The van der Waals surface area contributed by atoms with Crippen LogP contribution in [-0.2, 0) is 0 Å². The number of hydrogen-bond donors (Lipinski definition) is 0. The van der Waals surface area contributed by atoms with Gasteiger partial charge >= 0.3 is 0 Å². The zero-order chi connectivity index (χ0) is 20.1. The van der Waals surface area contributed by atoms with Crippen LogP contribution in [-0.4, -0.2) is 14.9 Å². The van der Waals surface area contributed by atoms with Crippen molar-refractivity contribution in [3.63, 3.8) is 0 Å². The van der Waals surface area contributed by atoms with Crippen LogP contribution in [0.3, 0.4) is 0 Å². The summed E-state index contributed by atoms with van der Waals surface area (Å²) in [5, 5.41) is 4.58. The van der Waals surface area contributed by atoms with Crippen molar-refractivity contribution < 1.29 is 0 Å². The first-order chi connectivity index (χ1) is 13.2. The van der Waals surface area contributed by atoms with E-state index in [0.717, 1.165) is 0 Å². The van der Waals surface area contributed by atoms with Crippen molar-refractivity contribution in [3.05, 3.63) is 72.8 Å². The molecule has 4 rings (SSSR count). The van der Waals surface area contributed by atoms with Gasteiger partial charge in [0.2, 0.25) is 0 Å². The third-order valence-corrected chi connectivity index (χ3v) is 8.83. The van der Waals surface area contributed by atoms with Gasteiger partial charge in [-0.25, -0.2) is 0 Å². The molecule has 0 aliphatic carbocycles. The fourth-order valence-corrected chi connectivity index (χ4v) is 8.85. The molecule has 3 aromatic carbocycles. The summed E-state index contributed by atoms with van der Waals surface area (Å²) in [6, 6.07) is 26.6. The van der Waals surface area contributed by atoms with Crippen LogP contribution >= 0.6 is 7.92 Å². The lowest BCUT2D eigenvalue weighted by Gasteiger charge is -2.42. The van der Waals surface area contributed by atoms with Crippen LogP contribution < -0.4 is 5.30 Å². The second kappa shape index (κ2) is 6.75. The average Bonchev–Trinajstić information content (AvgIpc) is 2.94. The number of hydrogen-bond acceptors (Lipinski definition) is 0. The van der Waals surface area contributed by atoms with E-state index in [9.17, 15) is 0 Å². The predicted octanol–water partition coefficient (Wildman–Crippen LogP) is 7.49. The summed E-state index contributed by atoms with van der Waals surface area (Å²) < 4.78 is 2.48. The summed E-state index contributed by atoms with van der Waals surface area (Å²) in [5.41, 5.74) is 3.90. The molecule has 0 amide bonds. The topological polar surface area (TPSA) is 4.93 Å². The molecule has 1 nitrogen and oxygen atoms in total. The molecule has 0 atom stereocenters. The molecule has 0 spiro atoms. The van der Waals surface area contributed by atoms with Crippen LogP contribution in [0.15, 0.2) is 72.8 Å². The number of aromatic nitrogens is 1. The first-order valence-corrected chi connectivity index (χ1v) is 11.4. The highest BCUT2D eigenvalue weighted by Gasteiger charge is 2.37. The minimum Gasteiger partial charge on any atom is -0.309 e. The number of benzene rings is 3. The lowest BCUT2D eigenvalue weighted by atomic mass is 10.2. The van der Waals surface area contributed by atoms with E-state index in [4.69, 9.17) is 0 Å². The van der Waals surface area contributed by atoms with Gasteiger partial charge in [-0.05, 0) is 28.5 Å². The summed E-state index contributed by atoms with van der Waals surface area (Å²) >= 11 is 0. The molecule has 0 aliphatic rings. The molecule has 0 bridgehead atoms. The van der Waals surface area contributed by atoms with Crippen molar-refractivity contribution in [1.82, 2.24) is 4.57 Å². The fourth-order valence-electron chi connectivity index (χ4n) is 4.75. The highest BCUT2D eigenvalue weighted by atomic mass is 31.1. The maximum absolute atomic E-state index is 2.48. The van der Waals surface area contributed by atoms with Crippen LogP contribution in [0.1, 0.15) is 41.5 Å². The van der Waals surface area contributed by atoms with E-state index in [0.29, 0.717) is 0 Å². The molecule has 144 valence electrons. The first kappa shape index (κ1) is 19.2. The Balaban J connectivity index is 2.10. The van der Waals surface area contributed by atoms with Gasteiger partial charge in [-0.1, -0.05) is 104 Å². The second-order valence-corrected chi connectivity index (χ2v) is 13.4. The minimum atomic E-state index is -0.395. The Labute approximate surface area is 170 Å². The lowest BCUT2D eigenvalue weighted by molar-refractivity contribution is 0.714. The minimum absolute atomic E-state index is 0.225. The van der Waals surface area contributed by atoms with Gasteiger partial charge in [0.1, 0.15) is 0 Å². The smallest absolute Gasteiger partial charge is 0.0541 e. The van der Waals surface area contributed by atoms with E-state index in [1.165, 1.54) is 32.8 Å². The Bertz CT molecular complexity index is 1070. The van der Waals surface area contributed by atoms with Crippen molar-refractivity contribution in [2.75, 3.05) is 0 Å². The first-order valence-electron chi connectivity index (χ1n) is 10.1. The lowest BCUT2D eigenvalue weighted by Crippen LogP contribution is -2.32. The molecule has 2 heteroatoms. The quantitative estimate of drug-likeness (QED) is 0.314. The Morgan fingerprint density at radius 2 is 1.00 bits per heavy atom. The fraction of sp³-hybridized carbons (Fsp3) is 0.308. The van der Waals surface area contributed by atoms with Crippen molar-refractivity contribution in [1.29, 1.82) is 0 Å². The van der Waals surface area contributed by atoms with Crippen molar-refractivity contribution in [2.45, 2.75) is 51.9 Å². The highest BCUT2D eigenvalue weighted by Crippen LogP contribution is 2.59. The van der Waals surface area contributed by atoms with E-state index in [2.05, 4.69) is 119 Å². The molecular formula is C26H30NP. The Hall–Kier alpha value is -2.11. The molecule has 0 unspecified atom stereocenters. The van der Waals surface area contributed by atoms with E-state index >= 15 is 0 Å². The maximum atomic E-state index is 2.48. The third kappa shape index (κ3) is 3.16. The third-order valence-electron chi connectivity index (χ3n) is 5.29. The van der Waals surface area contributed by atoms with Gasteiger partial charge in [-0.2, -0.15) is 0 Å². The Morgan fingerprint density at radius 3 is 1.50 bits per heavy atom. The number of fused-ring (bicyclic) bond motifs is 3. The molecule has 0 saturated heterocycles. The van der Waals surface area contributed by atoms with Gasteiger partial charge in [-0.15, -0.1) is 0 Å². The zero-order valence-corrected chi connectivity index (χ0v) is 18.7. The van der Waals surface area contributed by atoms with E-state index < -0.39 is 7.92 Å². The maximum Gasteiger partial charge on any atom is 0.0541 e. The Kier molecular flexibility index (Phi) is 4.63.